The highest BCUT2D eigenvalue weighted by Crippen LogP contribution is 2.23. The molecule has 0 bridgehead atoms. The number of hydrogen-bond donors (Lipinski definition) is 1. The third kappa shape index (κ3) is 5.36. The van der Waals surface area contributed by atoms with Gasteiger partial charge in [0.05, 0.1) is 30.1 Å². The molecule has 0 fully saturated rings. The standard InChI is InChI=1S/C19H26ClN3O/c1-6-9-18(23-24-5)16(12-21)19(22-14(4)13(2)3)15-10-7-8-11-17(15)20/h7-8,10-11,13-14,23H,6,9H2,1-5H3. The molecular weight excluding hydrogens is 322 g/mol. The Morgan fingerprint density at radius 1 is 1.33 bits per heavy atom. The van der Waals surface area contributed by atoms with Gasteiger partial charge >= 0.3 is 0 Å². The summed E-state index contributed by atoms with van der Waals surface area (Å²) < 4.78 is 0. The highest BCUT2D eigenvalue weighted by Gasteiger charge is 2.19. The number of nitrogens with zero attached hydrogens (tertiary/aromatic N) is 2. The molecule has 5 heteroatoms. The first kappa shape index (κ1) is 20.2. The Morgan fingerprint density at radius 2 is 2.00 bits per heavy atom. The van der Waals surface area contributed by atoms with Crippen LogP contribution in [-0.2, 0) is 4.84 Å². The van der Waals surface area contributed by atoms with Crippen molar-refractivity contribution < 1.29 is 4.84 Å². The number of nitrogens with one attached hydrogen (secondary N) is 1. The monoisotopic (exact) mass is 347 g/mol. The van der Waals surface area contributed by atoms with Crippen LogP contribution in [-0.4, -0.2) is 18.9 Å². The predicted molar refractivity (Wildman–Crippen MR) is 100.0 cm³/mol. The van der Waals surface area contributed by atoms with E-state index < -0.39 is 0 Å². The molecule has 1 atom stereocenters. The van der Waals surface area contributed by atoms with Crippen LogP contribution in [0, 0.1) is 17.2 Å². The summed E-state index contributed by atoms with van der Waals surface area (Å²) in [5, 5.41) is 10.4. The highest BCUT2D eigenvalue weighted by atomic mass is 35.5. The largest absolute Gasteiger partial charge is 0.280 e. The second kappa shape index (κ2) is 10.1. The van der Waals surface area contributed by atoms with Gasteiger partial charge in [-0.3, -0.25) is 15.3 Å². The molecule has 4 nitrogen and oxygen atoms in total. The molecule has 130 valence electrons. The Balaban J connectivity index is 3.59. The minimum atomic E-state index is 0.0602. The summed E-state index contributed by atoms with van der Waals surface area (Å²) in [7, 11) is 1.54. The summed E-state index contributed by atoms with van der Waals surface area (Å²) in [6.45, 7) is 8.30. The van der Waals surface area contributed by atoms with Crippen LogP contribution in [0.3, 0.4) is 0 Å². The van der Waals surface area contributed by atoms with Gasteiger partial charge in [0.1, 0.15) is 6.07 Å². The van der Waals surface area contributed by atoms with Gasteiger partial charge in [-0.15, -0.1) is 0 Å². The van der Waals surface area contributed by atoms with E-state index in [1.54, 1.807) is 0 Å². The lowest BCUT2D eigenvalue weighted by Gasteiger charge is -2.17. The van der Waals surface area contributed by atoms with Gasteiger partial charge in [-0.25, -0.2) is 0 Å². The number of allylic oxidation sites excluding steroid dienone is 2. The molecule has 0 heterocycles. The number of halogens is 1. The number of benzene rings is 1. The Kier molecular flexibility index (Phi) is 8.53. The molecule has 1 unspecified atom stereocenters. The lowest BCUT2D eigenvalue weighted by atomic mass is 9.98. The van der Waals surface area contributed by atoms with Gasteiger partial charge in [0.15, 0.2) is 0 Å². The summed E-state index contributed by atoms with van der Waals surface area (Å²) in [4.78, 5) is 9.88. The molecule has 24 heavy (non-hydrogen) atoms. The van der Waals surface area contributed by atoms with Crippen molar-refractivity contribution in [2.45, 2.75) is 46.6 Å². The normalized spacial score (nSPS) is 14.2. The third-order valence-electron chi connectivity index (χ3n) is 3.80. The van der Waals surface area contributed by atoms with Crippen molar-refractivity contribution in [1.82, 2.24) is 5.48 Å². The van der Waals surface area contributed by atoms with E-state index in [4.69, 9.17) is 21.4 Å². The molecule has 1 aromatic rings. The van der Waals surface area contributed by atoms with Crippen LogP contribution >= 0.6 is 11.6 Å². The number of rotatable bonds is 8. The molecule has 0 aliphatic rings. The lowest BCUT2D eigenvalue weighted by Crippen LogP contribution is -2.20. The Hall–Kier alpha value is -1.83. The van der Waals surface area contributed by atoms with E-state index in [0.29, 0.717) is 28.6 Å². The van der Waals surface area contributed by atoms with Crippen molar-refractivity contribution >= 4 is 17.3 Å². The Bertz CT molecular complexity index is 636. The molecule has 0 aromatic heterocycles. The van der Waals surface area contributed by atoms with Crippen molar-refractivity contribution in [2.24, 2.45) is 10.9 Å². The van der Waals surface area contributed by atoms with E-state index in [1.165, 1.54) is 7.11 Å². The minimum absolute atomic E-state index is 0.0602. The van der Waals surface area contributed by atoms with Crippen LogP contribution < -0.4 is 5.48 Å². The van der Waals surface area contributed by atoms with E-state index >= 15 is 0 Å². The topological polar surface area (TPSA) is 57.4 Å². The fourth-order valence-electron chi connectivity index (χ4n) is 2.14. The zero-order chi connectivity index (χ0) is 18.1. The summed E-state index contributed by atoms with van der Waals surface area (Å²) >= 11 is 6.38. The van der Waals surface area contributed by atoms with E-state index in [-0.39, 0.29) is 6.04 Å². The van der Waals surface area contributed by atoms with Crippen molar-refractivity contribution in [2.75, 3.05) is 7.11 Å². The fraction of sp³-hybridized carbons (Fsp3) is 0.474. The number of hydrogen-bond acceptors (Lipinski definition) is 4. The van der Waals surface area contributed by atoms with E-state index in [1.807, 2.05) is 31.2 Å². The first-order valence-electron chi connectivity index (χ1n) is 8.21. The zero-order valence-electron chi connectivity index (χ0n) is 15.1. The molecule has 0 aliphatic carbocycles. The van der Waals surface area contributed by atoms with Crippen LogP contribution in [0.2, 0.25) is 5.02 Å². The minimum Gasteiger partial charge on any atom is -0.280 e. The molecule has 1 N–H and O–H groups in total. The van der Waals surface area contributed by atoms with Crippen molar-refractivity contribution in [3.05, 3.63) is 46.1 Å². The van der Waals surface area contributed by atoms with E-state index in [2.05, 4.69) is 32.3 Å². The maximum atomic E-state index is 9.80. The highest BCUT2D eigenvalue weighted by molar-refractivity contribution is 6.35. The van der Waals surface area contributed by atoms with Crippen LogP contribution in [0.25, 0.3) is 0 Å². The summed E-state index contributed by atoms with van der Waals surface area (Å²) in [5.41, 5.74) is 5.40. The predicted octanol–water partition coefficient (Wildman–Crippen LogP) is 4.90. The third-order valence-corrected chi connectivity index (χ3v) is 4.13. The molecule has 1 rings (SSSR count). The van der Waals surface area contributed by atoms with Crippen molar-refractivity contribution in [3.63, 3.8) is 0 Å². The molecule has 0 radical (unpaired) electrons. The first-order chi connectivity index (χ1) is 11.5. The SMILES string of the molecule is CCCC(NOC)=C(C#N)C(=NC(C)C(C)C)c1ccccc1Cl. The van der Waals surface area contributed by atoms with Crippen LogP contribution in [0.1, 0.15) is 46.1 Å². The maximum Gasteiger partial charge on any atom is 0.103 e. The van der Waals surface area contributed by atoms with Crippen molar-refractivity contribution in [3.8, 4) is 6.07 Å². The Labute approximate surface area is 150 Å². The van der Waals surface area contributed by atoms with Gasteiger partial charge in [-0.05, 0) is 25.3 Å². The summed E-state index contributed by atoms with van der Waals surface area (Å²) in [6, 6.07) is 9.82. The second-order valence-electron chi connectivity index (χ2n) is 5.96. The van der Waals surface area contributed by atoms with Crippen molar-refractivity contribution in [1.29, 1.82) is 5.26 Å². The second-order valence-corrected chi connectivity index (χ2v) is 6.37. The molecular formula is C19H26ClN3O. The average Bonchev–Trinajstić information content (AvgIpc) is 2.55. The molecule has 0 amide bonds. The smallest absolute Gasteiger partial charge is 0.103 e. The Morgan fingerprint density at radius 3 is 2.50 bits per heavy atom. The van der Waals surface area contributed by atoms with Crippen LogP contribution in [0.15, 0.2) is 40.5 Å². The summed E-state index contributed by atoms with van der Waals surface area (Å²) in [5.74, 6) is 0.354. The molecule has 0 spiro atoms. The van der Waals surface area contributed by atoms with E-state index in [0.717, 1.165) is 17.7 Å². The number of nitriles is 1. The van der Waals surface area contributed by atoms with Crippen LogP contribution in [0.5, 0.6) is 0 Å². The van der Waals surface area contributed by atoms with Gasteiger partial charge in [0, 0.05) is 10.6 Å². The number of hydroxylamine groups is 1. The van der Waals surface area contributed by atoms with Gasteiger partial charge in [0.25, 0.3) is 0 Å². The van der Waals surface area contributed by atoms with Gasteiger partial charge in [-0.1, -0.05) is 57.0 Å². The zero-order valence-corrected chi connectivity index (χ0v) is 15.8. The fourth-order valence-corrected chi connectivity index (χ4v) is 2.36. The maximum absolute atomic E-state index is 9.80. The van der Waals surface area contributed by atoms with Crippen LogP contribution in [0.4, 0.5) is 0 Å². The van der Waals surface area contributed by atoms with E-state index in [9.17, 15) is 5.26 Å². The molecule has 1 aromatic carbocycles. The number of aliphatic imine (C=N–C) groups is 1. The first-order valence-corrected chi connectivity index (χ1v) is 8.59. The quantitative estimate of drug-likeness (QED) is 0.413. The molecule has 0 saturated heterocycles. The molecule has 0 aliphatic heterocycles. The van der Waals surface area contributed by atoms with Gasteiger partial charge < -0.3 is 0 Å². The van der Waals surface area contributed by atoms with Gasteiger partial charge in [-0.2, -0.15) is 5.26 Å². The average molecular weight is 348 g/mol. The summed E-state index contributed by atoms with van der Waals surface area (Å²) in [6.07, 6.45) is 1.57. The lowest BCUT2D eigenvalue weighted by molar-refractivity contribution is 0.114. The molecule has 0 saturated carbocycles. The van der Waals surface area contributed by atoms with Gasteiger partial charge in [0.2, 0.25) is 0 Å².